The zero-order valence-electron chi connectivity index (χ0n) is 17.8. The van der Waals surface area contributed by atoms with Crippen LogP contribution in [0, 0.1) is 23.7 Å². The van der Waals surface area contributed by atoms with Crippen LogP contribution in [0.25, 0.3) is 0 Å². The van der Waals surface area contributed by atoms with Crippen LogP contribution in [0.2, 0.25) is 5.02 Å². The second kappa shape index (κ2) is 8.80. The molecule has 4 fully saturated rings. The van der Waals surface area contributed by atoms with Gasteiger partial charge in [0.15, 0.2) is 11.5 Å². The maximum atomic E-state index is 6.68. The quantitative estimate of drug-likeness (QED) is 0.543. The lowest BCUT2D eigenvalue weighted by Crippen LogP contribution is -2.54. The average Bonchev–Trinajstić information content (AvgIpc) is 2.74. The number of hydrogen-bond donors (Lipinski definition) is 1. The van der Waals surface area contributed by atoms with E-state index in [1.165, 1.54) is 32.1 Å². The number of benzene rings is 2. The lowest BCUT2D eigenvalue weighted by atomic mass is 9.54. The number of hydrogen-bond acceptors (Lipinski definition) is 3. The van der Waals surface area contributed by atoms with Gasteiger partial charge in [-0.2, -0.15) is 0 Å². The third-order valence-corrected chi connectivity index (χ3v) is 7.76. The van der Waals surface area contributed by atoms with Gasteiger partial charge in [0.1, 0.15) is 6.61 Å². The largest absolute Gasteiger partial charge is 0.490 e. The van der Waals surface area contributed by atoms with Crippen molar-refractivity contribution in [3.8, 4) is 11.5 Å². The molecule has 160 valence electrons. The first-order valence-corrected chi connectivity index (χ1v) is 11.9. The van der Waals surface area contributed by atoms with E-state index in [1.807, 2.05) is 31.2 Å². The number of rotatable bonds is 8. The molecule has 0 aliphatic heterocycles. The molecule has 1 N–H and O–H groups in total. The van der Waals surface area contributed by atoms with Crippen molar-refractivity contribution < 1.29 is 9.47 Å². The average molecular weight is 426 g/mol. The summed E-state index contributed by atoms with van der Waals surface area (Å²) in [6.45, 7) is 3.90. The minimum absolute atomic E-state index is 0.503. The Morgan fingerprint density at radius 2 is 1.57 bits per heavy atom. The summed E-state index contributed by atoms with van der Waals surface area (Å²) < 4.78 is 11.9. The van der Waals surface area contributed by atoms with Gasteiger partial charge in [-0.3, -0.25) is 0 Å². The molecule has 4 saturated carbocycles. The fraction of sp³-hybridized carbons (Fsp3) is 0.538. The molecule has 0 heterocycles. The van der Waals surface area contributed by atoms with Gasteiger partial charge < -0.3 is 14.8 Å². The van der Waals surface area contributed by atoms with Crippen LogP contribution in [0.15, 0.2) is 42.5 Å². The summed E-state index contributed by atoms with van der Waals surface area (Å²) in [5.41, 5.74) is 2.23. The first kappa shape index (κ1) is 20.2. The lowest BCUT2D eigenvalue weighted by molar-refractivity contribution is -0.0142. The van der Waals surface area contributed by atoms with Crippen molar-refractivity contribution in [1.82, 2.24) is 5.32 Å². The van der Waals surface area contributed by atoms with Crippen LogP contribution in [0.3, 0.4) is 0 Å². The van der Waals surface area contributed by atoms with E-state index in [-0.39, 0.29) is 0 Å². The third kappa shape index (κ3) is 4.20. The van der Waals surface area contributed by atoms with Gasteiger partial charge in [-0.05, 0) is 79.9 Å². The van der Waals surface area contributed by atoms with Gasteiger partial charge >= 0.3 is 0 Å². The molecule has 3 nitrogen and oxygen atoms in total. The van der Waals surface area contributed by atoms with Crippen molar-refractivity contribution in [3.05, 3.63) is 58.6 Å². The molecule has 0 unspecified atom stereocenters. The first-order chi connectivity index (χ1) is 14.7. The molecule has 0 spiro atoms. The zero-order valence-corrected chi connectivity index (χ0v) is 18.5. The highest BCUT2D eigenvalue weighted by Gasteiger charge is 2.47. The molecule has 0 amide bonds. The highest BCUT2D eigenvalue weighted by Crippen LogP contribution is 2.53. The first-order valence-electron chi connectivity index (χ1n) is 11.5. The molecule has 4 bridgehead atoms. The highest BCUT2D eigenvalue weighted by molar-refractivity contribution is 6.31. The molecule has 2 aromatic carbocycles. The highest BCUT2D eigenvalue weighted by atomic mass is 35.5. The van der Waals surface area contributed by atoms with Crippen LogP contribution in [0.1, 0.15) is 50.2 Å². The van der Waals surface area contributed by atoms with E-state index < -0.39 is 0 Å². The van der Waals surface area contributed by atoms with Gasteiger partial charge in [-0.25, -0.2) is 0 Å². The molecule has 0 atom stereocenters. The molecule has 4 heteroatoms. The van der Waals surface area contributed by atoms with Crippen LogP contribution < -0.4 is 14.8 Å². The summed E-state index contributed by atoms with van der Waals surface area (Å²) in [6.07, 6.45) is 7.20. The molecule has 0 radical (unpaired) electrons. The van der Waals surface area contributed by atoms with Crippen molar-refractivity contribution in [2.24, 2.45) is 23.7 Å². The van der Waals surface area contributed by atoms with Crippen molar-refractivity contribution in [2.75, 3.05) is 6.61 Å². The van der Waals surface area contributed by atoms with Gasteiger partial charge in [0.05, 0.1) is 6.61 Å². The Labute approximate surface area is 185 Å². The smallest absolute Gasteiger partial charge is 0.163 e. The summed E-state index contributed by atoms with van der Waals surface area (Å²) in [4.78, 5) is 0. The van der Waals surface area contributed by atoms with E-state index in [0.717, 1.165) is 52.1 Å². The van der Waals surface area contributed by atoms with Crippen LogP contribution >= 0.6 is 11.6 Å². The van der Waals surface area contributed by atoms with Crippen LogP contribution in [-0.2, 0) is 13.2 Å². The number of nitrogens with one attached hydrogen (secondary N) is 1. The van der Waals surface area contributed by atoms with Crippen molar-refractivity contribution in [1.29, 1.82) is 0 Å². The normalized spacial score (nSPS) is 29.2. The van der Waals surface area contributed by atoms with Gasteiger partial charge in [0, 0.05) is 23.7 Å². The molecule has 0 saturated heterocycles. The Balaban J connectivity index is 1.27. The molecule has 6 rings (SSSR count). The summed E-state index contributed by atoms with van der Waals surface area (Å²) in [7, 11) is 0. The second-order valence-electron chi connectivity index (χ2n) is 9.44. The fourth-order valence-electron chi connectivity index (χ4n) is 6.32. The third-order valence-electron chi connectivity index (χ3n) is 7.40. The van der Waals surface area contributed by atoms with E-state index >= 15 is 0 Å². The predicted octanol–water partition coefficient (Wildman–Crippen LogP) is 6.23. The van der Waals surface area contributed by atoms with Crippen molar-refractivity contribution >= 4 is 11.6 Å². The number of ether oxygens (including phenoxy) is 2. The summed E-state index contributed by atoms with van der Waals surface area (Å²) >= 11 is 6.68. The fourth-order valence-corrected chi connectivity index (χ4v) is 6.54. The topological polar surface area (TPSA) is 30.5 Å². The summed E-state index contributed by atoms with van der Waals surface area (Å²) in [5, 5.41) is 4.64. The number of halogens is 1. The maximum Gasteiger partial charge on any atom is 0.163 e. The van der Waals surface area contributed by atoms with E-state index in [2.05, 4.69) is 23.5 Å². The molecule has 4 aliphatic carbocycles. The molecular weight excluding hydrogens is 394 g/mol. The monoisotopic (exact) mass is 425 g/mol. The molecule has 0 aromatic heterocycles. The van der Waals surface area contributed by atoms with E-state index in [9.17, 15) is 0 Å². The lowest BCUT2D eigenvalue weighted by Gasteiger charge is -2.54. The Kier molecular flexibility index (Phi) is 5.93. The van der Waals surface area contributed by atoms with Gasteiger partial charge in [0.2, 0.25) is 0 Å². The van der Waals surface area contributed by atoms with E-state index in [4.69, 9.17) is 21.1 Å². The molecular formula is C26H32ClNO2. The van der Waals surface area contributed by atoms with Crippen LogP contribution in [0.4, 0.5) is 0 Å². The maximum absolute atomic E-state index is 6.68. The van der Waals surface area contributed by atoms with Gasteiger partial charge in [0.25, 0.3) is 0 Å². The summed E-state index contributed by atoms with van der Waals surface area (Å²) in [6, 6.07) is 14.8. The van der Waals surface area contributed by atoms with E-state index in [0.29, 0.717) is 25.0 Å². The minimum Gasteiger partial charge on any atom is -0.490 e. The second-order valence-corrected chi connectivity index (χ2v) is 9.84. The van der Waals surface area contributed by atoms with Gasteiger partial charge in [-0.1, -0.05) is 41.9 Å². The Bertz CT molecular complexity index is 841. The van der Waals surface area contributed by atoms with E-state index in [1.54, 1.807) is 0 Å². The molecule has 4 aliphatic rings. The Morgan fingerprint density at radius 1 is 0.900 bits per heavy atom. The van der Waals surface area contributed by atoms with Crippen LogP contribution in [0.5, 0.6) is 11.5 Å². The summed E-state index contributed by atoms with van der Waals surface area (Å²) in [5.74, 6) is 5.21. The standard InChI is InChI=1S/C26H32ClNO2/c1-2-29-24-13-22(23(27)14-25(24)30-16-17-6-4-3-5-7-17)15-28-26-20-9-18-8-19(11-20)12-21(26)10-18/h3-7,13-14,18-21,26,28H,2,8-12,15-16H2,1H3. The van der Waals surface area contributed by atoms with Crippen molar-refractivity contribution in [3.63, 3.8) is 0 Å². The zero-order chi connectivity index (χ0) is 20.5. The van der Waals surface area contributed by atoms with Crippen LogP contribution in [-0.4, -0.2) is 12.6 Å². The predicted molar refractivity (Wildman–Crippen MR) is 121 cm³/mol. The SMILES string of the molecule is CCOc1cc(CNC2C3CC4CC(C3)CC2C4)c(Cl)cc1OCc1ccccc1. The molecule has 30 heavy (non-hydrogen) atoms. The van der Waals surface area contributed by atoms with Gasteiger partial charge in [-0.15, -0.1) is 0 Å². The van der Waals surface area contributed by atoms with Crippen molar-refractivity contribution in [2.45, 2.75) is 58.2 Å². The Morgan fingerprint density at radius 3 is 2.23 bits per heavy atom. The molecule has 2 aromatic rings. The Hall–Kier alpha value is -1.71. The minimum atomic E-state index is 0.503.